The second-order valence-electron chi connectivity index (χ2n) is 7.40. The molecule has 176 valence electrons. The summed E-state index contributed by atoms with van der Waals surface area (Å²) in [5.41, 5.74) is 2.52. The highest BCUT2D eigenvalue weighted by Gasteiger charge is 2.14. The summed E-state index contributed by atoms with van der Waals surface area (Å²) in [5.74, 6) is -0.160. The van der Waals surface area contributed by atoms with Crippen LogP contribution in [0.1, 0.15) is 31.8 Å². The van der Waals surface area contributed by atoms with Crippen LogP contribution in [0.15, 0.2) is 66.7 Å². The quantitative estimate of drug-likeness (QED) is 0.471. The second-order valence-corrected chi connectivity index (χ2v) is 7.40. The van der Waals surface area contributed by atoms with Gasteiger partial charge in [0.1, 0.15) is 11.5 Å². The van der Waals surface area contributed by atoms with Crippen molar-refractivity contribution in [2.45, 2.75) is 13.0 Å². The van der Waals surface area contributed by atoms with Crippen LogP contribution in [0.4, 0.5) is 5.69 Å². The first-order chi connectivity index (χ1) is 16.4. The Bertz CT molecular complexity index is 1150. The van der Waals surface area contributed by atoms with E-state index in [0.29, 0.717) is 28.3 Å². The molecule has 0 heterocycles. The molecule has 0 radical (unpaired) electrons. The van der Waals surface area contributed by atoms with Crippen molar-refractivity contribution in [2.24, 2.45) is 0 Å². The SMILES string of the molecule is COC(=O)c1cc(CNC(=O)c2cc(OC)cc(OC)c2)cc(NC(=O)Cc2ccccc2)c1. The number of carbonyl (C=O) groups excluding carboxylic acids is 3. The predicted molar refractivity (Wildman–Crippen MR) is 127 cm³/mol. The van der Waals surface area contributed by atoms with Crippen LogP contribution in [0.25, 0.3) is 0 Å². The first kappa shape index (κ1) is 24.3. The highest BCUT2D eigenvalue weighted by Crippen LogP contribution is 2.23. The molecule has 2 amide bonds. The first-order valence-corrected chi connectivity index (χ1v) is 10.5. The fraction of sp³-hybridized carbons (Fsp3) is 0.192. The van der Waals surface area contributed by atoms with E-state index in [2.05, 4.69) is 10.6 Å². The van der Waals surface area contributed by atoms with E-state index in [9.17, 15) is 14.4 Å². The molecule has 0 aromatic heterocycles. The molecule has 0 spiro atoms. The van der Waals surface area contributed by atoms with Gasteiger partial charge >= 0.3 is 5.97 Å². The third kappa shape index (κ3) is 6.59. The van der Waals surface area contributed by atoms with E-state index < -0.39 is 5.97 Å². The van der Waals surface area contributed by atoms with Gasteiger partial charge in [-0.05, 0) is 41.5 Å². The van der Waals surface area contributed by atoms with Crippen molar-refractivity contribution in [2.75, 3.05) is 26.6 Å². The number of carbonyl (C=O) groups is 3. The van der Waals surface area contributed by atoms with Gasteiger partial charge in [-0.25, -0.2) is 4.79 Å². The molecule has 0 saturated carbocycles. The summed E-state index contributed by atoms with van der Waals surface area (Å²) in [6.07, 6.45) is 0.188. The number of hydrogen-bond donors (Lipinski definition) is 2. The lowest BCUT2D eigenvalue weighted by molar-refractivity contribution is -0.115. The van der Waals surface area contributed by atoms with Crippen LogP contribution in [-0.2, 0) is 22.5 Å². The Morgan fingerprint density at radius 1 is 0.765 bits per heavy atom. The Labute approximate surface area is 197 Å². The number of rotatable bonds is 9. The smallest absolute Gasteiger partial charge is 0.337 e. The van der Waals surface area contributed by atoms with E-state index in [-0.39, 0.29) is 30.3 Å². The van der Waals surface area contributed by atoms with E-state index in [1.54, 1.807) is 30.3 Å². The molecule has 0 aliphatic heterocycles. The molecule has 0 atom stereocenters. The molecule has 0 unspecified atom stereocenters. The van der Waals surface area contributed by atoms with Crippen LogP contribution >= 0.6 is 0 Å². The zero-order valence-electron chi connectivity index (χ0n) is 19.2. The molecule has 8 heteroatoms. The fourth-order valence-electron chi connectivity index (χ4n) is 3.31. The van der Waals surface area contributed by atoms with Crippen LogP contribution in [0, 0.1) is 0 Å². The number of amides is 2. The van der Waals surface area contributed by atoms with Gasteiger partial charge in [-0.3, -0.25) is 9.59 Å². The van der Waals surface area contributed by atoms with Crippen molar-refractivity contribution < 1.29 is 28.6 Å². The largest absolute Gasteiger partial charge is 0.497 e. The molecule has 3 rings (SSSR count). The van der Waals surface area contributed by atoms with Crippen LogP contribution in [0.5, 0.6) is 11.5 Å². The summed E-state index contributed by atoms with van der Waals surface area (Å²) < 4.78 is 15.2. The van der Waals surface area contributed by atoms with Crippen molar-refractivity contribution in [3.8, 4) is 11.5 Å². The average Bonchev–Trinajstić information content (AvgIpc) is 2.86. The molecule has 0 aliphatic rings. The van der Waals surface area contributed by atoms with Gasteiger partial charge in [-0.1, -0.05) is 30.3 Å². The van der Waals surface area contributed by atoms with Crippen molar-refractivity contribution >= 4 is 23.5 Å². The van der Waals surface area contributed by atoms with Gasteiger partial charge < -0.3 is 24.8 Å². The van der Waals surface area contributed by atoms with Gasteiger partial charge in [-0.15, -0.1) is 0 Å². The summed E-state index contributed by atoms with van der Waals surface area (Å²) >= 11 is 0. The Morgan fingerprint density at radius 2 is 1.44 bits per heavy atom. The highest BCUT2D eigenvalue weighted by molar-refractivity contribution is 5.96. The number of methoxy groups -OCH3 is 3. The summed E-state index contributed by atoms with van der Waals surface area (Å²) in [5, 5.41) is 5.61. The highest BCUT2D eigenvalue weighted by atomic mass is 16.5. The zero-order valence-corrected chi connectivity index (χ0v) is 19.2. The van der Waals surface area contributed by atoms with Crippen molar-refractivity contribution in [3.05, 3.63) is 89.0 Å². The Hall–Kier alpha value is -4.33. The maximum absolute atomic E-state index is 12.7. The summed E-state index contributed by atoms with van der Waals surface area (Å²) in [6.45, 7) is 0.116. The molecule has 8 nitrogen and oxygen atoms in total. The van der Waals surface area contributed by atoms with E-state index in [1.807, 2.05) is 30.3 Å². The summed E-state index contributed by atoms with van der Waals surface area (Å²) in [4.78, 5) is 37.4. The summed E-state index contributed by atoms with van der Waals surface area (Å²) in [7, 11) is 4.28. The third-order valence-electron chi connectivity index (χ3n) is 4.97. The lowest BCUT2D eigenvalue weighted by Crippen LogP contribution is -2.23. The standard InChI is InChI=1S/C26H26N2O6/c1-32-22-13-19(14-23(15-22)33-2)25(30)27-16-18-9-20(26(31)34-3)12-21(10-18)28-24(29)11-17-7-5-4-6-8-17/h4-10,12-15H,11,16H2,1-3H3,(H,27,30)(H,28,29). The minimum absolute atomic E-state index is 0.116. The molecule has 0 bridgehead atoms. The molecule has 3 aromatic rings. The Kier molecular flexibility index (Phi) is 8.23. The van der Waals surface area contributed by atoms with E-state index in [1.165, 1.54) is 27.4 Å². The van der Waals surface area contributed by atoms with Crippen molar-refractivity contribution in [1.82, 2.24) is 5.32 Å². The molecule has 34 heavy (non-hydrogen) atoms. The average molecular weight is 463 g/mol. The molecule has 3 aromatic carbocycles. The molecule has 2 N–H and O–H groups in total. The van der Waals surface area contributed by atoms with E-state index >= 15 is 0 Å². The van der Waals surface area contributed by atoms with E-state index in [4.69, 9.17) is 14.2 Å². The number of benzene rings is 3. The second kappa shape index (κ2) is 11.5. The number of esters is 1. The third-order valence-corrected chi connectivity index (χ3v) is 4.97. The maximum atomic E-state index is 12.7. The normalized spacial score (nSPS) is 10.2. The fourth-order valence-corrected chi connectivity index (χ4v) is 3.31. The minimum Gasteiger partial charge on any atom is -0.497 e. The number of nitrogens with one attached hydrogen (secondary N) is 2. The first-order valence-electron chi connectivity index (χ1n) is 10.5. The molecule has 0 aliphatic carbocycles. The van der Waals surface area contributed by atoms with Crippen LogP contribution in [0.2, 0.25) is 0 Å². The number of anilines is 1. The zero-order chi connectivity index (χ0) is 24.5. The van der Waals surface area contributed by atoms with Gasteiger partial charge in [0.05, 0.1) is 33.3 Å². The molecule has 0 fully saturated rings. The Morgan fingerprint density at radius 3 is 2.06 bits per heavy atom. The lowest BCUT2D eigenvalue weighted by Gasteiger charge is -2.12. The number of hydrogen-bond acceptors (Lipinski definition) is 6. The van der Waals surface area contributed by atoms with Crippen LogP contribution < -0.4 is 20.1 Å². The number of ether oxygens (including phenoxy) is 3. The minimum atomic E-state index is -0.552. The van der Waals surface area contributed by atoms with Crippen molar-refractivity contribution in [3.63, 3.8) is 0 Å². The maximum Gasteiger partial charge on any atom is 0.337 e. The van der Waals surface area contributed by atoms with Gasteiger partial charge in [0.15, 0.2) is 0 Å². The molecule has 0 saturated heterocycles. The molecular formula is C26H26N2O6. The van der Waals surface area contributed by atoms with E-state index in [0.717, 1.165) is 5.56 Å². The van der Waals surface area contributed by atoms with Gasteiger partial charge in [0.2, 0.25) is 5.91 Å². The molecular weight excluding hydrogens is 436 g/mol. The van der Waals surface area contributed by atoms with Crippen LogP contribution in [-0.4, -0.2) is 39.1 Å². The van der Waals surface area contributed by atoms with Crippen LogP contribution in [0.3, 0.4) is 0 Å². The Balaban J connectivity index is 1.76. The lowest BCUT2D eigenvalue weighted by atomic mass is 10.1. The van der Waals surface area contributed by atoms with Crippen molar-refractivity contribution in [1.29, 1.82) is 0 Å². The predicted octanol–water partition coefficient (Wildman–Crippen LogP) is 3.60. The van der Waals surface area contributed by atoms with Gasteiger partial charge in [0.25, 0.3) is 5.91 Å². The monoisotopic (exact) mass is 462 g/mol. The summed E-state index contributed by atoms with van der Waals surface area (Å²) in [6, 6.07) is 19.0. The van der Waals surface area contributed by atoms with Gasteiger partial charge in [0, 0.05) is 23.9 Å². The van der Waals surface area contributed by atoms with Gasteiger partial charge in [-0.2, -0.15) is 0 Å². The topological polar surface area (TPSA) is 103 Å².